The molecule has 0 fully saturated rings. The molecule has 0 aliphatic heterocycles. The van der Waals surface area contributed by atoms with Gasteiger partial charge < -0.3 is 9.42 Å². The molecule has 0 bridgehead atoms. The van der Waals surface area contributed by atoms with Crippen LogP contribution in [0.5, 0.6) is 0 Å². The Morgan fingerprint density at radius 1 is 1.50 bits per heavy atom. The Hall–Kier alpha value is -1.36. The first-order chi connectivity index (χ1) is 7.66. The molecule has 0 spiro atoms. The molecule has 0 aliphatic rings. The van der Waals surface area contributed by atoms with E-state index in [4.69, 9.17) is 4.52 Å². The van der Waals surface area contributed by atoms with Crippen LogP contribution < -0.4 is 4.90 Å². The molecular formula is C11H15N3OS. The molecule has 0 N–H and O–H groups in total. The summed E-state index contributed by atoms with van der Waals surface area (Å²) in [7, 11) is 1.95. The Bertz CT molecular complexity index is 436. The number of anilines is 1. The fourth-order valence-corrected chi connectivity index (χ4v) is 2.00. The lowest BCUT2D eigenvalue weighted by molar-refractivity contribution is 0.407. The van der Waals surface area contributed by atoms with Crippen LogP contribution in [-0.2, 0) is 6.54 Å². The van der Waals surface area contributed by atoms with Crippen LogP contribution in [-0.4, -0.2) is 17.2 Å². The van der Waals surface area contributed by atoms with Crippen molar-refractivity contribution in [3.63, 3.8) is 0 Å². The summed E-state index contributed by atoms with van der Waals surface area (Å²) in [4.78, 5) is 6.30. The summed E-state index contributed by atoms with van der Waals surface area (Å²) < 4.78 is 5.20. The Morgan fingerprint density at radius 2 is 2.31 bits per heavy atom. The fraction of sp³-hybridized carbons (Fsp3) is 0.455. The topological polar surface area (TPSA) is 42.2 Å². The largest absolute Gasteiger partial charge is 0.324 e. The number of hydrogen-bond donors (Lipinski definition) is 0. The average Bonchev–Trinajstić information content (AvgIpc) is 2.86. The highest BCUT2D eigenvalue weighted by Gasteiger charge is 2.13. The van der Waals surface area contributed by atoms with E-state index >= 15 is 0 Å². The van der Waals surface area contributed by atoms with Gasteiger partial charge in [0.1, 0.15) is 0 Å². The monoisotopic (exact) mass is 237 g/mol. The molecule has 2 rings (SSSR count). The van der Waals surface area contributed by atoms with E-state index in [-0.39, 0.29) is 0 Å². The van der Waals surface area contributed by atoms with Crippen molar-refractivity contribution in [1.82, 2.24) is 10.1 Å². The van der Waals surface area contributed by atoms with E-state index in [2.05, 4.69) is 27.0 Å². The average molecular weight is 237 g/mol. The van der Waals surface area contributed by atoms with Crippen molar-refractivity contribution in [2.75, 3.05) is 11.9 Å². The zero-order valence-electron chi connectivity index (χ0n) is 9.67. The minimum absolute atomic E-state index is 0.298. The van der Waals surface area contributed by atoms with Gasteiger partial charge in [-0.05, 0) is 22.4 Å². The molecule has 0 atom stereocenters. The lowest BCUT2D eigenvalue weighted by atomic mass is 10.2. The quantitative estimate of drug-likeness (QED) is 0.820. The van der Waals surface area contributed by atoms with Gasteiger partial charge in [-0.15, -0.1) is 0 Å². The molecule has 0 aromatic carbocycles. The molecule has 5 heteroatoms. The summed E-state index contributed by atoms with van der Waals surface area (Å²) in [5, 5.41) is 8.13. The summed E-state index contributed by atoms with van der Waals surface area (Å²) in [6, 6.07) is 2.68. The molecule has 0 aliphatic carbocycles. The van der Waals surface area contributed by atoms with Crippen molar-refractivity contribution < 1.29 is 4.52 Å². The molecular weight excluding hydrogens is 222 g/mol. The van der Waals surface area contributed by atoms with E-state index in [9.17, 15) is 0 Å². The van der Waals surface area contributed by atoms with E-state index in [1.165, 1.54) is 5.56 Å². The third-order valence-corrected chi connectivity index (χ3v) is 3.01. The highest BCUT2D eigenvalue weighted by molar-refractivity contribution is 7.07. The highest BCUT2D eigenvalue weighted by atomic mass is 32.1. The predicted molar refractivity (Wildman–Crippen MR) is 64.8 cm³/mol. The molecule has 2 heterocycles. The second-order valence-corrected chi connectivity index (χ2v) is 4.86. The van der Waals surface area contributed by atoms with Gasteiger partial charge in [0.05, 0.1) is 0 Å². The molecule has 16 heavy (non-hydrogen) atoms. The second kappa shape index (κ2) is 4.65. The van der Waals surface area contributed by atoms with E-state index < -0.39 is 0 Å². The van der Waals surface area contributed by atoms with Crippen molar-refractivity contribution in [3.05, 3.63) is 28.2 Å². The van der Waals surface area contributed by atoms with E-state index in [1.54, 1.807) is 11.3 Å². The number of nitrogens with zero attached hydrogens (tertiary/aromatic N) is 3. The Balaban J connectivity index is 2.06. The SMILES string of the molecule is CC(C)c1noc(N(C)Cc2ccsc2)n1. The lowest BCUT2D eigenvalue weighted by Crippen LogP contribution is -2.16. The third kappa shape index (κ3) is 2.41. The van der Waals surface area contributed by atoms with Crippen molar-refractivity contribution in [2.24, 2.45) is 0 Å². The van der Waals surface area contributed by atoms with E-state index in [1.807, 2.05) is 25.8 Å². The maximum absolute atomic E-state index is 5.20. The predicted octanol–water partition coefficient (Wildman–Crippen LogP) is 2.89. The van der Waals surface area contributed by atoms with Gasteiger partial charge in [0, 0.05) is 19.5 Å². The lowest BCUT2D eigenvalue weighted by Gasteiger charge is -2.11. The van der Waals surface area contributed by atoms with E-state index in [0.29, 0.717) is 11.9 Å². The summed E-state index contributed by atoms with van der Waals surface area (Å²) in [5.74, 6) is 1.05. The van der Waals surface area contributed by atoms with Crippen LogP contribution >= 0.6 is 11.3 Å². The normalized spacial score (nSPS) is 11.0. The number of rotatable bonds is 4. The molecule has 4 nitrogen and oxygen atoms in total. The van der Waals surface area contributed by atoms with Crippen LogP contribution in [0.1, 0.15) is 31.2 Å². The smallest absolute Gasteiger partial charge is 0.323 e. The van der Waals surface area contributed by atoms with Crippen LogP contribution in [0.3, 0.4) is 0 Å². The zero-order valence-corrected chi connectivity index (χ0v) is 10.5. The molecule has 0 saturated heterocycles. The van der Waals surface area contributed by atoms with Crippen molar-refractivity contribution >= 4 is 17.4 Å². The number of thiophene rings is 1. The Labute approximate surface area is 98.9 Å². The Kier molecular flexibility index (Phi) is 3.24. The fourth-order valence-electron chi connectivity index (χ4n) is 1.34. The molecule has 2 aromatic heterocycles. The summed E-state index contributed by atoms with van der Waals surface area (Å²) in [6.45, 7) is 4.89. The van der Waals surface area contributed by atoms with Gasteiger partial charge in [0.15, 0.2) is 5.82 Å². The van der Waals surface area contributed by atoms with Crippen LogP contribution in [0, 0.1) is 0 Å². The van der Waals surface area contributed by atoms with Crippen LogP contribution in [0.25, 0.3) is 0 Å². The summed E-state index contributed by atoms with van der Waals surface area (Å²) in [6.07, 6.45) is 0. The van der Waals surface area contributed by atoms with Crippen LogP contribution in [0.4, 0.5) is 6.01 Å². The molecule has 0 unspecified atom stereocenters. The van der Waals surface area contributed by atoms with E-state index in [0.717, 1.165) is 12.4 Å². The van der Waals surface area contributed by atoms with Crippen molar-refractivity contribution in [2.45, 2.75) is 26.3 Å². The summed E-state index contributed by atoms with van der Waals surface area (Å²) in [5.41, 5.74) is 1.26. The van der Waals surface area contributed by atoms with Gasteiger partial charge in [0.2, 0.25) is 0 Å². The number of aromatic nitrogens is 2. The first-order valence-electron chi connectivity index (χ1n) is 5.22. The second-order valence-electron chi connectivity index (χ2n) is 4.08. The standard InChI is InChI=1S/C11H15N3OS/c1-8(2)10-12-11(15-13-10)14(3)6-9-4-5-16-7-9/h4-5,7-8H,6H2,1-3H3. The minimum Gasteiger partial charge on any atom is -0.323 e. The van der Waals surface area contributed by atoms with Gasteiger partial charge in [-0.25, -0.2) is 0 Å². The molecule has 86 valence electrons. The maximum atomic E-state index is 5.20. The first-order valence-corrected chi connectivity index (χ1v) is 6.17. The highest BCUT2D eigenvalue weighted by Crippen LogP contribution is 2.17. The Morgan fingerprint density at radius 3 is 2.88 bits per heavy atom. The first kappa shape index (κ1) is 11.1. The molecule has 0 amide bonds. The molecule has 0 radical (unpaired) electrons. The van der Waals surface area contributed by atoms with Crippen LogP contribution in [0.15, 0.2) is 21.3 Å². The van der Waals surface area contributed by atoms with Gasteiger partial charge in [0.25, 0.3) is 0 Å². The molecule has 0 saturated carbocycles. The third-order valence-electron chi connectivity index (χ3n) is 2.27. The number of hydrogen-bond acceptors (Lipinski definition) is 5. The van der Waals surface area contributed by atoms with Crippen molar-refractivity contribution in [1.29, 1.82) is 0 Å². The summed E-state index contributed by atoms with van der Waals surface area (Å²) >= 11 is 1.69. The van der Waals surface area contributed by atoms with Gasteiger partial charge >= 0.3 is 6.01 Å². The minimum atomic E-state index is 0.298. The zero-order chi connectivity index (χ0) is 11.5. The van der Waals surface area contributed by atoms with Crippen molar-refractivity contribution in [3.8, 4) is 0 Å². The van der Waals surface area contributed by atoms with Crippen LogP contribution in [0.2, 0.25) is 0 Å². The van der Waals surface area contributed by atoms with Gasteiger partial charge in [-0.3, -0.25) is 0 Å². The maximum Gasteiger partial charge on any atom is 0.324 e. The van der Waals surface area contributed by atoms with Gasteiger partial charge in [-0.1, -0.05) is 19.0 Å². The van der Waals surface area contributed by atoms with Gasteiger partial charge in [-0.2, -0.15) is 16.3 Å². The molecule has 2 aromatic rings.